The summed E-state index contributed by atoms with van der Waals surface area (Å²) in [6.45, 7) is 3.88. The van der Waals surface area contributed by atoms with Crippen LogP contribution < -0.4 is 5.32 Å². The Kier molecular flexibility index (Phi) is 6.48. The van der Waals surface area contributed by atoms with Gasteiger partial charge in [0.25, 0.3) is 0 Å². The van der Waals surface area contributed by atoms with Gasteiger partial charge in [0.1, 0.15) is 5.82 Å². The maximum Gasteiger partial charge on any atom is 0.233 e. The summed E-state index contributed by atoms with van der Waals surface area (Å²) in [5.74, 6) is -0.304. The maximum atomic E-state index is 13.0. The first-order valence-corrected chi connectivity index (χ1v) is 8.73. The predicted molar refractivity (Wildman–Crippen MR) is 94.3 cm³/mol. The van der Waals surface area contributed by atoms with Crippen molar-refractivity contribution in [3.05, 3.63) is 64.9 Å². The summed E-state index contributed by atoms with van der Waals surface area (Å²) in [7, 11) is 0. The maximum absolute atomic E-state index is 13.0. The van der Waals surface area contributed by atoms with E-state index in [1.165, 1.54) is 23.9 Å². The first kappa shape index (κ1) is 17.8. The molecule has 0 saturated heterocycles. The Hall–Kier alpha value is -1.52. The van der Waals surface area contributed by atoms with Gasteiger partial charge in [0.05, 0.1) is 11.3 Å². The molecule has 0 spiro atoms. The molecule has 0 aliphatic carbocycles. The van der Waals surface area contributed by atoms with Crippen molar-refractivity contribution in [1.82, 2.24) is 5.32 Å². The molecule has 2 nitrogen and oxygen atoms in total. The molecule has 23 heavy (non-hydrogen) atoms. The summed E-state index contributed by atoms with van der Waals surface area (Å²) in [6, 6.07) is 13.5. The fourth-order valence-electron chi connectivity index (χ4n) is 2.14. The van der Waals surface area contributed by atoms with Crippen LogP contribution in [-0.4, -0.2) is 11.2 Å². The molecule has 2 aromatic carbocycles. The van der Waals surface area contributed by atoms with Crippen molar-refractivity contribution in [1.29, 1.82) is 0 Å². The molecule has 2 rings (SSSR count). The van der Waals surface area contributed by atoms with Crippen molar-refractivity contribution in [2.75, 3.05) is 0 Å². The van der Waals surface area contributed by atoms with Crippen molar-refractivity contribution >= 4 is 29.3 Å². The highest BCUT2D eigenvalue weighted by Gasteiger charge is 2.20. The van der Waals surface area contributed by atoms with Crippen LogP contribution in [0.3, 0.4) is 0 Å². The number of thioether (sulfide) groups is 1. The lowest BCUT2D eigenvalue weighted by Gasteiger charge is -2.19. The number of amides is 1. The van der Waals surface area contributed by atoms with Gasteiger partial charge < -0.3 is 5.32 Å². The Labute approximate surface area is 145 Å². The van der Waals surface area contributed by atoms with Crippen LogP contribution in [0.25, 0.3) is 0 Å². The molecule has 0 heterocycles. The number of hydrogen-bond acceptors (Lipinski definition) is 2. The fraction of sp³-hybridized carbons (Fsp3) is 0.278. The van der Waals surface area contributed by atoms with Gasteiger partial charge in [-0.15, -0.1) is 11.8 Å². The van der Waals surface area contributed by atoms with Gasteiger partial charge >= 0.3 is 0 Å². The lowest BCUT2D eigenvalue weighted by atomic mass is 10.1. The monoisotopic (exact) mass is 351 g/mol. The second kappa shape index (κ2) is 8.37. The Morgan fingerprint density at radius 3 is 2.35 bits per heavy atom. The molecule has 0 saturated carbocycles. The topological polar surface area (TPSA) is 29.1 Å². The van der Waals surface area contributed by atoms with Crippen molar-refractivity contribution in [2.45, 2.75) is 36.5 Å². The molecule has 2 atom stereocenters. The molecule has 5 heteroatoms. The molecule has 1 N–H and O–H groups in total. The average molecular weight is 352 g/mol. The van der Waals surface area contributed by atoms with E-state index in [9.17, 15) is 9.18 Å². The van der Waals surface area contributed by atoms with Gasteiger partial charge in [-0.2, -0.15) is 0 Å². The Bertz CT molecular complexity index is 645. The predicted octanol–water partition coefficient (Wildman–Crippen LogP) is 5.23. The lowest BCUT2D eigenvalue weighted by Crippen LogP contribution is -2.34. The van der Waals surface area contributed by atoms with Crippen molar-refractivity contribution < 1.29 is 9.18 Å². The summed E-state index contributed by atoms with van der Waals surface area (Å²) < 4.78 is 13.0. The molecule has 0 radical (unpaired) electrons. The minimum atomic E-state index is -0.281. The summed E-state index contributed by atoms with van der Waals surface area (Å²) in [4.78, 5) is 13.5. The summed E-state index contributed by atoms with van der Waals surface area (Å²) in [5.41, 5.74) is 0.881. The van der Waals surface area contributed by atoms with Gasteiger partial charge in [0.2, 0.25) is 5.91 Å². The molecule has 0 bridgehead atoms. The van der Waals surface area contributed by atoms with Crippen LogP contribution in [0.15, 0.2) is 53.4 Å². The minimum Gasteiger partial charge on any atom is -0.349 e. The summed E-state index contributed by atoms with van der Waals surface area (Å²) in [6.07, 6.45) is 0.718. The van der Waals surface area contributed by atoms with E-state index in [0.717, 1.165) is 16.9 Å². The van der Waals surface area contributed by atoms with E-state index in [2.05, 4.69) is 5.32 Å². The van der Waals surface area contributed by atoms with Crippen LogP contribution in [-0.2, 0) is 4.79 Å². The molecule has 0 unspecified atom stereocenters. The van der Waals surface area contributed by atoms with Gasteiger partial charge in [-0.3, -0.25) is 4.79 Å². The normalized spacial score (nSPS) is 13.4. The molecule has 0 aromatic heterocycles. The zero-order valence-electron chi connectivity index (χ0n) is 13.1. The SMILES string of the molecule is CC[C@H](Sc1ccc(Cl)cc1)C(=O)N[C@@H](C)c1ccc(F)cc1. The fourth-order valence-corrected chi connectivity index (χ4v) is 3.23. The summed E-state index contributed by atoms with van der Waals surface area (Å²) in [5, 5.41) is 3.49. The van der Waals surface area contributed by atoms with E-state index in [-0.39, 0.29) is 23.0 Å². The molecule has 0 aliphatic heterocycles. The second-order valence-corrected chi connectivity index (χ2v) is 6.96. The molecule has 1 amide bonds. The van der Waals surface area contributed by atoms with Gasteiger partial charge in [0, 0.05) is 9.92 Å². The lowest BCUT2D eigenvalue weighted by molar-refractivity contribution is -0.121. The van der Waals surface area contributed by atoms with E-state index in [4.69, 9.17) is 11.6 Å². The first-order valence-electron chi connectivity index (χ1n) is 7.47. The van der Waals surface area contributed by atoms with Crippen LogP contribution in [0.4, 0.5) is 4.39 Å². The second-order valence-electron chi connectivity index (χ2n) is 5.25. The van der Waals surface area contributed by atoms with E-state index < -0.39 is 0 Å². The van der Waals surface area contributed by atoms with Crippen molar-refractivity contribution in [2.24, 2.45) is 0 Å². The van der Waals surface area contributed by atoms with Crippen LogP contribution in [0, 0.1) is 5.82 Å². The van der Waals surface area contributed by atoms with Crippen molar-refractivity contribution in [3.8, 4) is 0 Å². The number of nitrogens with one attached hydrogen (secondary N) is 1. The van der Waals surface area contributed by atoms with Crippen LogP contribution in [0.2, 0.25) is 5.02 Å². The van der Waals surface area contributed by atoms with E-state index in [1.807, 2.05) is 38.1 Å². The average Bonchev–Trinajstić information content (AvgIpc) is 2.54. The smallest absolute Gasteiger partial charge is 0.233 e. The first-order chi connectivity index (χ1) is 11.0. The number of benzene rings is 2. The largest absolute Gasteiger partial charge is 0.349 e. The Morgan fingerprint density at radius 1 is 1.17 bits per heavy atom. The number of rotatable bonds is 6. The quantitative estimate of drug-likeness (QED) is 0.722. The third kappa shape index (κ3) is 5.26. The van der Waals surface area contributed by atoms with Gasteiger partial charge in [0.15, 0.2) is 0 Å². The highest BCUT2D eigenvalue weighted by Crippen LogP contribution is 2.27. The molecule has 0 fully saturated rings. The number of hydrogen-bond donors (Lipinski definition) is 1. The van der Waals surface area contributed by atoms with Crippen LogP contribution in [0.5, 0.6) is 0 Å². The molecule has 2 aromatic rings. The number of carbonyl (C=O) groups excluding carboxylic acids is 1. The Morgan fingerprint density at radius 2 is 1.78 bits per heavy atom. The number of halogens is 2. The molecule has 122 valence electrons. The Balaban J connectivity index is 1.99. The van der Waals surface area contributed by atoms with Crippen molar-refractivity contribution in [3.63, 3.8) is 0 Å². The summed E-state index contributed by atoms with van der Waals surface area (Å²) >= 11 is 7.39. The minimum absolute atomic E-state index is 0.0238. The third-order valence-electron chi connectivity index (χ3n) is 3.48. The van der Waals surface area contributed by atoms with E-state index >= 15 is 0 Å². The molecule has 0 aliphatic rings. The van der Waals surface area contributed by atoms with Crippen LogP contribution >= 0.6 is 23.4 Å². The highest BCUT2D eigenvalue weighted by atomic mass is 35.5. The van der Waals surface area contributed by atoms with Crippen LogP contribution in [0.1, 0.15) is 31.9 Å². The van der Waals surface area contributed by atoms with E-state index in [0.29, 0.717) is 5.02 Å². The van der Waals surface area contributed by atoms with E-state index in [1.54, 1.807) is 12.1 Å². The third-order valence-corrected chi connectivity index (χ3v) is 5.11. The standard InChI is InChI=1S/C18H19ClFNOS/c1-3-17(23-16-10-6-14(19)7-11-16)18(22)21-12(2)13-4-8-15(20)9-5-13/h4-12,17H,3H2,1-2H3,(H,21,22)/t12-,17-/m0/s1. The molecular formula is C18H19ClFNOS. The zero-order chi connectivity index (χ0) is 16.8. The van der Waals surface area contributed by atoms with Gasteiger partial charge in [-0.25, -0.2) is 4.39 Å². The highest BCUT2D eigenvalue weighted by molar-refractivity contribution is 8.00. The molecular weight excluding hydrogens is 333 g/mol. The van der Waals surface area contributed by atoms with Gasteiger partial charge in [-0.1, -0.05) is 30.7 Å². The van der Waals surface area contributed by atoms with Gasteiger partial charge in [-0.05, 0) is 55.3 Å². The number of carbonyl (C=O) groups is 1. The zero-order valence-corrected chi connectivity index (χ0v) is 14.6.